The van der Waals surface area contributed by atoms with Gasteiger partial charge in [-0.1, -0.05) is 48.5 Å². The summed E-state index contributed by atoms with van der Waals surface area (Å²) in [5.74, 6) is 1.87. The predicted molar refractivity (Wildman–Crippen MR) is 120 cm³/mol. The van der Waals surface area contributed by atoms with Crippen molar-refractivity contribution in [1.29, 1.82) is 0 Å². The van der Waals surface area contributed by atoms with E-state index in [-0.39, 0.29) is 11.7 Å². The minimum absolute atomic E-state index is 0.0372. The third-order valence-corrected chi connectivity index (χ3v) is 5.47. The van der Waals surface area contributed by atoms with Crippen LogP contribution in [0.15, 0.2) is 52.1 Å². The largest absolute Gasteiger partial charge is 0.497 e. The van der Waals surface area contributed by atoms with E-state index in [4.69, 9.17) is 13.9 Å². The normalized spacial score (nSPS) is 10.7. The van der Waals surface area contributed by atoms with Crippen molar-refractivity contribution < 1.29 is 18.7 Å². The molecule has 0 bridgehead atoms. The molecule has 0 fully saturated rings. The smallest absolute Gasteiger partial charge is 0.277 e. The van der Waals surface area contributed by atoms with Crippen LogP contribution in [-0.2, 0) is 11.3 Å². The molecule has 7 nitrogen and oxygen atoms in total. The fourth-order valence-electron chi connectivity index (χ4n) is 3.01. The first-order chi connectivity index (χ1) is 15.0. The maximum Gasteiger partial charge on any atom is 0.277 e. The predicted octanol–water partition coefficient (Wildman–Crippen LogP) is 4.59. The molecule has 3 rings (SSSR count). The Hall–Kier alpha value is -3.00. The van der Waals surface area contributed by atoms with Gasteiger partial charge >= 0.3 is 0 Å². The van der Waals surface area contributed by atoms with E-state index in [2.05, 4.69) is 48.3 Å². The zero-order chi connectivity index (χ0) is 22.2. The quantitative estimate of drug-likeness (QED) is 0.426. The van der Waals surface area contributed by atoms with E-state index in [1.54, 1.807) is 32.4 Å². The highest BCUT2D eigenvalue weighted by atomic mass is 32.2. The molecule has 0 spiro atoms. The maximum atomic E-state index is 12.8. The number of carbonyl (C=O) groups is 1. The molecule has 8 heteroatoms. The van der Waals surface area contributed by atoms with Gasteiger partial charge in [-0.2, -0.15) is 0 Å². The summed E-state index contributed by atoms with van der Waals surface area (Å²) in [4.78, 5) is 14.7. The Morgan fingerprint density at radius 2 is 1.74 bits per heavy atom. The second-order valence-corrected chi connectivity index (χ2v) is 7.99. The lowest BCUT2D eigenvalue weighted by Crippen LogP contribution is -2.32. The SMILES string of the molecule is CCCN(Cc1ccc(C)cc1)C(=O)CSc1nnc(-c2cc(OC)cc(OC)c2)o1. The molecule has 164 valence electrons. The molecule has 1 aromatic heterocycles. The van der Waals surface area contributed by atoms with Gasteiger partial charge < -0.3 is 18.8 Å². The van der Waals surface area contributed by atoms with Gasteiger partial charge in [-0.05, 0) is 31.0 Å². The molecule has 0 saturated carbocycles. The van der Waals surface area contributed by atoms with E-state index in [0.29, 0.717) is 41.3 Å². The summed E-state index contributed by atoms with van der Waals surface area (Å²) in [7, 11) is 3.16. The van der Waals surface area contributed by atoms with Crippen LogP contribution in [0.5, 0.6) is 11.5 Å². The van der Waals surface area contributed by atoms with Gasteiger partial charge in [0, 0.05) is 24.7 Å². The minimum Gasteiger partial charge on any atom is -0.497 e. The topological polar surface area (TPSA) is 77.7 Å². The Balaban J connectivity index is 1.64. The lowest BCUT2D eigenvalue weighted by Gasteiger charge is -2.22. The van der Waals surface area contributed by atoms with Crippen molar-refractivity contribution in [2.24, 2.45) is 0 Å². The first-order valence-corrected chi connectivity index (χ1v) is 11.0. The van der Waals surface area contributed by atoms with Crippen molar-refractivity contribution in [2.75, 3.05) is 26.5 Å². The fraction of sp³-hybridized carbons (Fsp3) is 0.348. The number of nitrogens with zero attached hydrogens (tertiary/aromatic N) is 3. The van der Waals surface area contributed by atoms with Gasteiger partial charge in [-0.25, -0.2) is 0 Å². The molecule has 0 aliphatic heterocycles. The van der Waals surface area contributed by atoms with Gasteiger partial charge in [-0.15, -0.1) is 10.2 Å². The average molecular weight is 442 g/mol. The Morgan fingerprint density at radius 1 is 1.06 bits per heavy atom. The van der Waals surface area contributed by atoms with E-state index in [9.17, 15) is 4.79 Å². The number of benzene rings is 2. The molecule has 0 saturated heterocycles. The fourth-order valence-corrected chi connectivity index (χ4v) is 3.67. The van der Waals surface area contributed by atoms with Crippen molar-refractivity contribution in [3.05, 3.63) is 53.6 Å². The van der Waals surface area contributed by atoms with Crippen LogP contribution < -0.4 is 9.47 Å². The number of hydrogen-bond acceptors (Lipinski definition) is 7. The number of amides is 1. The van der Waals surface area contributed by atoms with Gasteiger partial charge in [0.05, 0.1) is 20.0 Å². The van der Waals surface area contributed by atoms with Crippen LogP contribution in [0.3, 0.4) is 0 Å². The number of ether oxygens (including phenoxy) is 2. The second-order valence-electron chi connectivity index (χ2n) is 7.06. The molecule has 0 aliphatic carbocycles. The lowest BCUT2D eigenvalue weighted by atomic mass is 10.1. The highest BCUT2D eigenvalue weighted by Crippen LogP contribution is 2.30. The Labute approximate surface area is 186 Å². The van der Waals surface area contributed by atoms with E-state index < -0.39 is 0 Å². The number of aryl methyl sites for hydroxylation is 1. The summed E-state index contributed by atoms with van der Waals surface area (Å²) in [6.07, 6.45) is 0.893. The first-order valence-electron chi connectivity index (χ1n) is 10.1. The highest BCUT2D eigenvalue weighted by Gasteiger charge is 2.17. The Kier molecular flexibility index (Phi) is 7.94. The van der Waals surface area contributed by atoms with Crippen molar-refractivity contribution >= 4 is 17.7 Å². The van der Waals surface area contributed by atoms with E-state index in [0.717, 1.165) is 12.0 Å². The number of aromatic nitrogens is 2. The second kappa shape index (κ2) is 10.9. The molecule has 0 N–H and O–H groups in total. The van der Waals surface area contributed by atoms with Crippen LogP contribution >= 0.6 is 11.8 Å². The number of hydrogen-bond donors (Lipinski definition) is 0. The third kappa shape index (κ3) is 6.24. The van der Waals surface area contributed by atoms with E-state index in [1.807, 2.05) is 4.90 Å². The zero-order valence-corrected chi connectivity index (χ0v) is 19.1. The summed E-state index contributed by atoms with van der Waals surface area (Å²) in [6.45, 7) is 5.41. The van der Waals surface area contributed by atoms with Crippen LogP contribution in [-0.4, -0.2) is 47.5 Å². The van der Waals surface area contributed by atoms with E-state index >= 15 is 0 Å². The van der Waals surface area contributed by atoms with Crippen LogP contribution in [0, 0.1) is 6.92 Å². The average Bonchev–Trinajstić information content (AvgIpc) is 3.27. The van der Waals surface area contributed by atoms with Crippen molar-refractivity contribution in [1.82, 2.24) is 15.1 Å². The van der Waals surface area contributed by atoms with Gasteiger partial charge in [0.25, 0.3) is 5.22 Å². The van der Waals surface area contributed by atoms with Crippen molar-refractivity contribution in [3.63, 3.8) is 0 Å². The summed E-state index contributed by atoms with van der Waals surface area (Å²) in [5.41, 5.74) is 3.01. The molecular formula is C23H27N3O4S. The first kappa shape index (κ1) is 22.7. The molecule has 0 radical (unpaired) electrons. The summed E-state index contributed by atoms with van der Waals surface area (Å²) < 4.78 is 16.3. The number of thioether (sulfide) groups is 1. The van der Waals surface area contributed by atoms with Crippen LogP contribution in [0.4, 0.5) is 0 Å². The van der Waals surface area contributed by atoms with Gasteiger partial charge in [0.2, 0.25) is 11.8 Å². The molecule has 0 aliphatic rings. The number of carbonyl (C=O) groups excluding carboxylic acids is 1. The highest BCUT2D eigenvalue weighted by molar-refractivity contribution is 7.99. The molecule has 2 aromatic carbocycles. The number of methoxy groups -OCH3 is 2. The van der Waals surface area contributed by atoms with E-state index in [1.165, 1.54) is 17.3 Å². The standard InChI is InChI=1S/C23H27N3O4S/c1-5-10-26(14-17-8-6-16(2)7-9-17)21(27)15-31-23-25-24-22(30-23)18-11-19(28-3)13-20(12-18)29-4/h6-9,11-13H,5,10,14-15H2,1-4H3. The third-order valence-electron chi connectivity index (χ3n) is 4.66. The maximum absolute atomic E-state index is 12.8. The molecule has 0 atom stereocenters. The van der Waals surface area contributed by atoms with Crippen molar-refractivity contribution in [2.45, 2.75) is 32.0 Å². The lowest BCUT2D eigenvalue weighted by molar-refractivity contribution is -0.129. The van der Waals surface area contributed by atoms with Crippen LogP contribution in [0.1, 0.15) is 24.5 Å². The zero-order valence-electron chi connectivity index (χ0n) is 18.3. The van der Waals surface area contributed by atoms with Crippen molar-refractivity contribution in [3.8, 4) is 23.0 Å². The molecule has 3 aromatic rings. The number of rotatable bonds is 10. The van der Waals surface area contributed by atoms with Crippen LogP contribution in [0.25, 0.3) is 11.5 Å². The van der Waals surface area contributed by atoms with Gasteiger partial charge in [-0.3, -0.25) is 4.79 Å². The Morgan fingerprint density at radius 3 is 2.35 bits per heavy atom. The molecule has 31 heavy (non-hydrogen) atoms. The summed E-state index contributed by atoms with van der Waals surface area (Å²) in [6, 6.07) is 13.6. The Bertz CT molecular complexity index is 982. The molecule has 1 heterocycles. The van der Waals surface area contributed by atoms with Gasteiger partial charge in [0.1, 0.15) is 11.5 Å². The molecule has 1 amide bonds. The molecular weight excluding hydrogens is 414 g/mol. The molecule has 0 unspecified atom stereocenters. The summed E-state index contributed by atoms with van der Waals surface area (Å²) >= 11 is 1.24. The minimum atomic E-state index is 0.0372. The summed E-state index contributed by atoms with van der Waals surface area (Å²) in [5, 5.41) is 8.51. The van der Waals surface area contributed by atoms with Gasteiger partial charge in [0.15, 0.2) is 0 Å². The van der Waals surface area contributed by atoms with Crippen LogP contribution in [0.2, 0.25) is 0 Å². The monoisotopic (exact) mass is 441 g/mol.